The number of allylic oxidation sites excluding steroid dienone is 2. The molecule has 11 amide bonds. The van der Waals surface area contributed by atoms with Gasteiger partial charge in [0.25, 0.3) is 0 Å². The predicted octanol–water partition coefficient (Wildman–Crippen LogP) is 3.42. The number of nitrogens with one attached hydrogen (secondary N) is 4. The zero-order valence-corrected chi connectivity index (χ0v) is 62.1. The largest absolute Gasteiger partial charge is 2.00 e. The molecule has 1 fully saturated rings. The first-order valence-electron chi connectivity index (χ1n) is 31.3. The molecule has 6 N–H and O–H groups in total. The Bertz CT molecular complexity index is 2430. The van der Waals surface area contributed by atoms with Crippen LogP contribution in [-0.2, 0) is 73.8 Å². The number of carbonyl (C=O) groups is 11. The second kappa shape index (κ2) is 38.5. The van der Waals surface area contributed by atoms with E-state index in [0.717, 1.165) is 9.80 Å². The van der Waals surface area contributed by atoms with Gasteiger partial charge in [-0.1, -0.05) is 101 Å². The fourth-order valence-electron chi connectivity index (χ4n) is 10.9. The van der Waals surface area contributed by atoms with E-state index in [2.05, 4.69) is 28.2 Å². The summed E-state index contributed by atoms with van der Waals surface area (Å²) in [7, 11) is 9.78. The van der Waals surface area contributed by atoms with Crippen molar-refractivity contribution in [3.05, 3.63) is 26.5 Å². The van der Waals surface area contributed by atoms with Crippen LogP contribution in [0.2, 0.25) is 0 Å². The zero-order chi connectivity index (χ0) is 68.5. The number of amides is 11. The van der Waals surface area contributed by atoms with E-state index in [9.17, 15) is 53.4 Å². The van der Waals surface area contributed by atoms with Gasteiger partial charge in [-0.05, 0) is 102 Å². The number of likely N-dealkylation sites (N-methyl/N-ethyl adjacent to an activating group) is 7. The topological polar surface area (TPSA) is 299 Å². The molecule has 0 spiro atoms. The van der Waals surface area contributed by atoms with Crippen molar-refractivity contribution in [3.63, 3.8) is 0 Å². The molecule has 0 radical (unpaired) electrons. The minimum Gasteiger partial charge on any atom is -0.390 e. The van der Waals surface area contributed by atoms with Gasteiger partial charge in [0.15, 0.2) is 0 Å². The molecule has 90 heavy (non-hydrogen) atoms. The molecular weight excluding hydrogens is 1330 g/mol. The molecule has 0 unspecified atom stereocenters. The Balaban J connectivity index is 0. The summed E-state index contributed by atoms with van der Waals surface area (Å²) in [6.07, 6.45) is 2.02. The summed E-state index contributed by atoms with van der Waals surface area (Å²) in [4.78, 5) is 169. The van der Waals surface area contributed by atoms with Gasteiger partial charge in [0.05, 0.1) is 11.7 Å². The summed E-state index contributed by atoms with van der Waals surface area (Å²) in [6.45, 7) is 32.9. The SMILES string of the molecule is [CH2-][C@@H]1CC(=O)N(C)[C@@H](CC(C)(C)O)C(=O)N[C@@H](C(C)C)C(=O)N(C)[C@@H](CC(C)C)C(=O)N[C@@H](C)C(=O)N[C@H](C)C(=O)N(C)[C@@H](CC(C)C)C(=O)N(C)[C@@H](CC(C)C)C(=O)N(C)[C@@H](C(C)C)C(=O)N(C)[C@@H]([C@H](O)[C@H](C)C/C=C/C)C(=O)N[C@@H](CC)C(=O)N1C.[CH3-].[W+2]. The van der Waals surface area contributed by atoms with Crippen molar-refractivity contribution in [3.8, 4) is 0 Å². The molecule has 1 saturated heterocycles. The molecule has 0 aliphatic carbocycles. The maximum Gasteiger partial charge on any atom is 2.00 e. The van der Waals surface area contributed by atoms with Crippen molar-refractivity contribution in [2.24, 2.45) is 35.5 Å². The number of rotatable bonds is 15. The summed E-state index contributed by atoms with van der Waals surface area (Å²) < 4.78 is 0. The van der Waals surface area contributed by atoms with E-state index in [1.165, 1.54) is 102 Å². The van der Waals surface area contributed by atoms with E-state index < -0.39 is 167 Å². The minimum absolute atomic E-state index is 0. The molecule has 0 aromatic rings. The van der Waals surface area contributed by atoms with E-state index in [0.29, 0.717) is 6.42 Å². The summed E-state index contributed by atoms with van der Waals surface area (Å²) in [5, 5.41) is 34.1. The van der Waals surface area contributed by atoms with Gasteiger partial charge in [0, 0.05) is 62.2 Å². The molecule has 13 atom stereocenters. The third kappa shape index (κ3) is 24.5. The first kappa shape index (κ1) is 86.6. The molecule has 0 aromatic carbocycles. The van der Waals surface area contributed by atoms with Crippen molar-refractivity contribution >= 4 is 65.0 Å². The number of carbonyl (C=O) groups excluding carboxylic acids is 11. The van der Waals surface area contributed by atoms with Crippen LogP contribution in [0.4, 0.5) is 0 Å². The van der Waals surface area contributed by atoms with Crippen LogP contribution in [0, 0.1) is 49.9 Å². The summed E-state index contributed by atoms with van der Waals surface area (Å²) in [5.41, 5.74) is -1.53. The van der Waals surface area contributed by atoms with E-state index in [1.54, 1.807) is 60.6 Å². The van der Waals surface area contributed by atoms with Crippen LogP contribution < -0.4 is 21.3 Å². The van der Waals surface area contributed by atoms with E-state index in [4.69, 9.17) is 0 Å². The van der Waals surface area contributed by atoms with E-state index >= 15 is 9.59 Å². The minimum atomic E-state index is -1.63. The van der Waals surface area contributed by atoms with Gasteiger partial charge >= 0.3 is 21.1 Å². The van der Waals surface area contributed by atoms with Gasteiger partial charge in [-0.25, -0.2) is 0 Å². The van der Waals surface area contributed by atoms with Crippen LogP contribution in [0.5, 0.6) is 0 Å². The summed E-state index contributed by atoms with van der Waals surface area (Å²) in [5.74, 6) is -10.1. The average molecular weight is 1440 g/mol. The Hall–Kier alpha value is -5.48. The normalized spacial score (nSPS) is 26.9. The molecule has 0 saturated carbocycles. The predicted molar refractivity (Wildman–Crippen MR) is 345 cm³/mol. The van der Waals surface area contributed by atoms with E-state index in [-0.39, 0.29) is 78.3 Å². The Kier molecular flexibility index (Phi) is 37.0. The molecule has 1 rings (SSSR count). The third-order valence-corrected chi connectivity index (χ3v) is 16.6. The van der Waals surface area contributed by atoms with Crippen LogP contribution >= 0.6 is 0 Å². The van der Waals surface area contributed by atoms with Gasteiger partial charge in [-0.15, -0.1) is 0 Å². The molecule has 0 aromatic heterocycles. The monoisotopic (exact) mass is 1440 g/mol. The van der Waals surface area contributed by atoms with Crippen molar-refractivity contribution < 1.29 is 84.0 Å². The van der Waals surface area contributed by atoms with Crippen LogP contribution in [0.15, 0.2) is 12.2 Å². The van der Waals surface area contributed by atoms with Gasteiger partial charge in [0.2, 0.25) is 65.0 Å². The average Bonchev–Trinajstić information content (AvgIpc) is 1.05. The molecule has 25 heteroatoms. The Morgan fingerprint density at radius 3 is 1.41 bits per heavy atom. The molecule has 1 aliphatic rings. The summed E-state index contributed by atoms with van der Waals surface area (Å²) in [6, 6.07) is -13.9. The fraction of sp³-hybridized carbons (Fsp3) is 0.769. The second-order valence-electron chi connectivity index (χ2n) is 27.1. The van der Waals surface area contributed by atoms with Gasteiger partial charge in [-0.3, -0.25) is 52.7 Å². The zero-order valence-electron chi connectivity index (χ0n) is 59.1. The fourth-order valence-corrected chi connectivity index (χ4v) is 10.9. The smallest absolute Gasteiger partial charge is 0.390 e. The molecule has 1 aliphatic heterocycles. The van der Waals surface area contributed by atoms with Crippen molar-refractivity contribution in [2.45, 2.75) is 241 Å². The van der Waals surface area contributed by atoms with Crippen LogP contribution in [0.1, 0.15) is 163 Å². The quantitative estimate of drug-likeness (QED) is 0.101. The second-order valence-corrected chi connectivity index (χ2v) is 27.1. The first-order chi connectivity index (χ1) is 40.4. The molecule has 0 bridgehead atoms. The number of aliphatic hydroxyl groups is 2. The van der Waals surface area contributed by atoms with Crippen LogP contribution in [0.3, 0.4) is 0 Å². The van der Waals surface area contributed by atoms with E-state index in [1.807, 2.05) is 41.5 Å². The van der Waals surface area contributed by atoms with Crippen molar-refractivity contribution in [1.82, 2.24) is 55.6 Å². The van der Waals surface area contributed by atoms with Gasteiger partial charge in [0.1, 0.15) is 60.4 Å². The molecular formula is C65H117N11O13W. The number of hydrogen-bond acceptors (Lipinski definition) is 13. The van der Waals surface area contributed by atoms with Crippen LogP contribution in [-0.4, -0.2) is 237 Å². The number of nitrogens with zero attached hydrogens (tertiary/aromatic N) is 7. The molecule has 24 nitrogen and oxygen atoms in total. The van der Waals surface area contributed by atoms with Gasteiger partial charge in [-0.2, -0.15) is 0 Å². The van der Waals surface area contributed by atoms with Crippen LogP contribution in [0.25, 0.3) is 0 Å². The van der Waals surface area contributed by atoms with Crippen molar-refractivity contribution in [2.75, 3.05) is 49.3 Å². The Morgan fingerprint density at radius 1 is 0.533 bits per heavy atom. The third-order valence-electron chi connectivity index (χ3n) is 16.6. The molecule has 516 valence electrons. The number of hydrogen-bond donors (Lipinski definition) is 6. The Labute approximate surface area is 554 Å². The first-order valence-corrected chi connectivity index (χ1v) is 31.3. The maximum atomic E-state index is 15.2. The molecule has 1 heterocycles. The number of aliphatic hydroxyl groups excluding tert-OH is 1. The standard InChI is InChI=1S/C64H114N11O13.CH3.W/c1-26-28-29-40(13)53(77)52-57(81)67-44(27-2)59(83)69(19)41(14)33-49(76)70(20)48(34-64(17,18)88)56(80)68-50(38(9)10)62(86)71(21)45(30-35(3)4)55(79)65-42(15)54(78)66-43(16)58(82)72(22)46(31-36(5)6)60(84)73(23)47(32-37(7)8)61(85)74(24)51(39(11)12)63(87)75(52)25;;/h26,28,35-48,50-53,77,88H,14,27,29-34H2,1-13,15-25H3,(H,65,79)(H,66,78)(H,67,81)(H,68,80);1H3;/q2*-1;+2/b28-26+;;/t40-,41-,42+,43-,44+,45+,46+,47+,48+,50+,51+,52+,53-;;/m1../s1. The van der Waals surface area contributed by atoms with Gasteiger partial charge < -0.3 is 80.1 Å². The maximum absolute atomic E-state index is 15.2. The Morgan fingerprint density at radius 2 is 0.967 bits per heavy atom. The summed E-state index contributed by atoms with van der Waals surface area (Å²) >= 11 is 0. The van der Waals surface area contributed by atoms with Crippen molar-refractivity contribution in [1.29, 1.82) is 0 Å².